The lowest BCUT2D eigenvalue weighted by Gasteiger charge is -2.58. The van der Waals surface area contributed by atoms with Crippen LogP contribution in [0.2, 0.25) is 0 Å². The monoisotopic (exact) mass is 765 g/mol. The highest BCUT2D eigenvalue weighted by molar-refractivity contribution is 5.92. The van der Waals surface area contributed by atoms with E-state index in [1.54, 1.807) is 38.5 Å². The topological polar surface area (TPSA) is 145 Å². The highest BCUT2D eigenvalue weighted by Gasteiger charge is 2.68. The van der Waals surface area contributed by atoms with Gasteiger partial charge in [0.25, 0.3) is 0 Å². The van der Waals surface area contributed by atoms with E-state index >= 15 is 0 Å². The molecule has 1 aromatic rings. The minimum atomic E-state index is -1.42. The van der Waals surface area contributed by atoms with Gasteiger partial charge in [0, 0.05) is 24.0 Å². The second-order valence-corrected chi connectivity index (χ2v) is 18.5. The predicted molar refractivity (Wildman–Crippen MR) is 205 cm³/mol. The van der Waals surface area contributed by atoms with Crippen LogP contribution in [-0.2, 0) is 23.7 Å². The van der Waals surface area contributed by atoms with Crippen LogP contribution in [0.25, 0.3) is 6.08 Å². The van der Waals surface area contributed by atoms with E-state index in [0.29, 0.717) is 52.6 Å². The van der Waals surface area contributed by atoms with E-state index in [9.17, 15) is 20.1 Å². The quantitative estimate of drug-likeness (QED) is 0.201. The van der Waals surface area contributed by atoms with Gasteiger partial charge in [-0.15, -0.1) is 0 Å². The molecule has 3 aliphatic heterocycles. The van der Waals surface area contributed by atoms with Gasteiger partial charge in [0.2, 0.25) is 5.91 Å². The summed E-state index contributed by atoms with van der Waals surface area (Å²) in [5.74, 6) is 3.68. The molecule has 11 heteroatoms. The molecule has 3 saturated heterocycles. The maximum Gasteiger partial charge on any atom is 0.244 e. The molecule has 1 amide bonds. The summed E-state index contributed by atoms with van der Waals surface area (Å²) in [6, 6.07) is 4.21. The molecule has 0 unspecified atom stereocenters. The second-order valence-electron chi connectivity index (χ2n) is 18.5. The fraction of sp³-hybridized carbons (Fsp3) is 0.750. The molecule has 7 aliphatic rings. The number of benzene rings is 1. The number of aliphatic hydroxyl groups excluding tert-OH is 3. The van der Waals surface area contributed by atoms with E-state index < -0.39 is 48.9 Å². The zero-order valence-electron chi connectivity index (χ0n) is 33.4. The van der Waals surface area contributed by atoms with Crippen LogP contribution in [0.3, 0.4) is 0 Å². The fourth-order valence-electron chi connectivity index (χ4n) is 12.7. The lowest BCUT2D eigenvalue weighted by atomic mass is 9.47. The molecular formula is C44H63NO10. The van der Waals surface area contributed by atoms with Crippen molar-refractivity contribution in [2.75, 3.05) is 27.4 Å². The van der Waals surface area contributed by atoms with E-state index in [-0.39, 0.29) is 23.0 Å². The molecule has 3 heterocycles. The van der Waals surface area contributed by atoms with Crippen LogP contribution in [0, 0.1) is 46.3 Å². The molecule has 0 aromatic heterocycles. The molecule has 0 bridgehead atoms. The number of aliphatic hydroxyl groups is 3. The largest absolute Gasteiger partial charge is 0.497 e. The van der Waals surface area contributed by atoms with Crippen molar-refractivity contribution in [3.63, 3.8) is 0 Å². The van der Waals surface area contributed by atoms with Crippen LogP contribution in [0.15, 0.2) is 35.9 Å². The summed E-state index contributed by atoms with van der Waals surface area (Å²) in [4.78, 5) is 13.3. The smallest absolute Gasteiger partial charge is 0.244 e. The van der Waals surface area contributed by atoms with Crippen molar-refractivity contribution in [3.05, 3.63) is 41.5 Å². The molecule has 8 rings (SSSR count). The Morgan fingerprint density at radius 2 is 1.85 bits per heavy atom. The number of methoxy groups -OCH3 is 2. The number of nitrogens with one attached hydrogen (secondary N) is 1. The molecule has 55 heavy (non-hydrogen) atoms. The van der Waals surface area contributed by atoms with Gasteiger partial charge in [-0.3, -0.25) is 4.79 Å². The third-order valence-electron chi connectivity index (χ3n) is 15.7. The molecule has 1 spiro atoms. The molecule has 0 radical (unpaired) electrons. The van der Waals surface area contributed by atoms with Crippen LogP contribution in [0.4, 0.5) is 0 Å². The van der Waals surface area contributed by atoms with Crippen LogP contribution in [0.1, 0.15) is 91.0 Å². The van der Waals surface area contributed by atoms with Gasteiger partial charge in [0.1, 0.15) is 35.9 Å². The first-order valence-electron chi connectivity index (χ1n) is 20.8. The Morgan fingerprint density at radius 1 is 1.04 bits per heavy atom. The standard InChI is InChI=1S/C44H63NO10/c1-24-13-18-44(52-23-24)25(2)37-34(55-44)21-32-30-10-8-27-20-29(14-16-42(27,3)31(30)15-17-43(32,37)4)53-41-38(40(49)39(48)35(22-46)54-41)45-36(47)12-7-26-19-28(50-5)9-11-33(26)51-6/h7-9,11-12,19,24-25,29-32,34-35,37-41,46,48-49H,10,13-18,20-23H2,1-6H3,(H,45,47)/b12-7+/t24-,25+,29+,30-,31+,32+,34+,35-,37+,38-,39-,40-,41-,42+,43+,44-/m1/s1. The Labute approximate surface area is 326 Å². The number of carbonyl (C=O) groups is 1. The van der Waals surface area contributed by atoms with E-state index in [1.165, 1.54) is 30.9 Å². The normalized spacial score (nSPS) is 46.3. The van der Waals surface area contributed by atoms with E-state index in [1.807, 2.05) is 0 Å². The predicted octanol–water partition coefficient (Wildman–Crippen LogP) is 5.39. The molecule has 304 valence electrons. The van der Waals surface area contributed by atoms with E-state index in [4.69, 9.17) is 28.4 Å². The van der Waals surface area contributed by atoms with Crippen molar-refractivity contribution >= 4 is 12.0 Å². The Hall–Kier alpha value is -2.51. The van der Waals surface area contributed by atoms with Crippen LogP contribution >= 0.6 is 0 Å². The van der Waals surface area contributed by atoms with Crippen molar-refractivity contribution in [2.24, 2.45) is 46.3 Å². The third kappa shape index (κ3) is 6.67. The van der Waals surface area contributed by atoms with Crippen molar-refractivity contribution in [3.8, 4) is 11.5 Å². The molecule has 1 aromatic carbocycles. The second kappa shape index (κ2) is 15.0. The number of carbonyl (C=O) groups excluding carboxylic acids is 1. The Bertz CT molecular complexity index is 1640. The number of amides is 1. The molecule has 4 N–H and O–H groups in total. The first kappa shape index (κ1) is 39.3. The highest BCUT2D eigenvalue weighted by Crippen LogP contribution is 2.70. The molecule has 6 fully saturated rings. The molecule has 3 saturated carbocycles. The maximum absolute atomic E-state index is 13.3. The van der Waals surface area contributed by atoms with Crippen molar-refractivity contribution < 1.29 is 48.5 Å². The van der Waals surface area contributed by atoms with Gasteiger partial charge in [0.05, 0.1) is 39.6 Å². The van der Waals surface area contributed by atoms with Crippen LogP contribution < -0.4 is 14.8 Å². The number of hydrogen-bond donors (Lipinski definition) is 4. The summed E-state index contributed by atoms with van der Waals surface area (Å²) >= 11 is 0. The average molecular weight is 766 g/mol. The summed E-state index contributed by atoms with van der Waals surface area (Å²) in [6.07, 6.45) is 9.92. The first-order chi connectivity index (χ1) is 26.3. The number of hydrogen-bond acceptors (Lipinski definition) is 10. The van der Waals surface area contributed by atoms with Gasteiger partial charge in [0.15, 0.2) is 12.1 Å². The SMILES string of the molecule is COc1ccc(OC)c(/C=C/C(=O)N[C@H]2[C@H](O[C@H]3CC[C@@]4(C)C(=CC[C@H]5[C@@H]6C[C@@H]7O[C@]8(CC[C@@H](C)CO8)[C@@H](C)[C@@H]7[C@@]6(C)CC[C@@H]54)C3)O[C@H](CO)[C@@H](O)[C@@H]2O)c1. The molecule has 16 atom stereocenters. The molecule has 11 nitrogen and oxygen atoms in total. The van der Waals surface area contributed by atoms with E-state index in [0.717, 1.165) is 45.1 Å². The Balaban J connectivity index is 0.950. The number of ether oxygens (including phenoxy) is 6. The van der Waals surface area contributed by atoms with Crippen LogP contribution in [-0.4, -0.2) is 97.3 Å². The van der Waals surface area contributed by atoms with Gasteiger partial charge in [-0.1, -0.05) is 39.3 Å². The van der Waals surface area contributed by atoms with Crippen molar-refractivity contribution in [1.29, 1.82) is 0 Å². The number of allylic oxidation sites excluding steroid dienone is 1. The third-order valence-corrected chi connectivity index (χ3v) is 15.7. The summed E-state index contributed by atoms with van der Waals surface area (Å²) < 4.78 is 37.0. The van der Waals surface area contributed by atoms with Crippen molar-refractivity contribution in [2.45, 2.75) is 134 Å². The van der Waals surface area contributed by atoms with Crippen LogP contribution in [0.5, 0.6) is 11.5 Å². The summed E-state index contributed by atoms with van der Waals surface area (Å²) in [5.41, 5.74) is 2.41. The average Bonchev–Trinajstić information content (AvgIpc) is 3.63. The molecule has 4 aliphatic carbocycles. The molecular weight excluding hydrogens is 702 g/mol. The highest BCUT2D eigenvalue weighted by atomic mass is 16.7. The fourth-order valence-corrected chi connectivity index (χ4v) is 12.7. The minimum Gasteiger partial charge on any atom is -0.497 e. The van der Waals surface area contributed by atoms with Gasteiger partial charge in [-0.05, 0) is 116 Å². The number of fused-ring (bicyclic) bond motifs is 7. The first-order valence-corrected chi connectivity index (χ1v) is 20.8. The van der Waals surface area contributed by atoms with Gasteiger partial charge < -0.3 is 49.1 Å². The summed E-state index contributed by atoms with van der Waals surface area (Å²) in [6.45, 7) is 10.0. The Kier molecular flexibility index (Phi) is 10.7. The van der Waals surface area contributed by atoms with Crippen molar-refractivity contribution in [1.82, 2.24) is 5.32 Å². The van der Waals surface area contributed by atoms with Gasteiger partial charge in [-0.2, -0.15) is 0 Å². The summed E-state index contributed by atoms with van der Waals surface area (Å²) in [7, 11) is 3.11. The Morgan fingerprint density at radius 3 is 2.58 bits per heavy atom. The summed E-state index contributed by atoms with van der Waals surface area (Å²) in [5, 5.41) is 34.8. The van der Waals surface area contributed by atoms with Gasteiger partial charge >= 0.3 is 0 Å². The minimum absolute atomic E-state index is 0.0779. The maximum atomic E-state index is 13.3. The lowest BCUT2D eigenvalue weighted by Crippen LogP contribution is -2.65. The number of rotatable bonds is 8. The lowest BCUT2D eigenvalue weighted by molar-refractivity contribution is -0.284. The zero-order valence-corrected chi connectivity index (χ0v) is 33.4. The van der Waals surface area contributed by atoms with E-state index in [2.05, 4.69) is 39.1 Å². The van der Waals surface area contributed by atoms with Gasteiger partial charge in [-0.25, -0.2) is 0 Å². The zero-order chi connectivity index (χ0) is 38.9.